The van der Waals surface area contributed by atoms with Crippen LogP contribution < -0.4 is 10.6 Å². The molecule has 1 aliphatic rings. The van der Waals surface area contributed by atoms with Crippen LogP contribution in [0.1, 0.15) is 22.3 Å². The van der Waals surface area contributed by atoms with Gasteiger partial charge in [-0.25, -0.2) is 0 Å². The summed E-state index contributed by atoms with van der Waals surface area (Å²) in [6.07, 6.45) is 1.07. The highest BCUT2D eigenvalue weighted by Gasteiger charge is 2.17. The molecule has 20 heavy (non-hydrogen) atoms. The molecule has 0 radical (unpaired) electrons. The van der Waals surface area contributed by atoms with Crippen molar-refractivity contribution < 1.29 is 9.72 Å². The van der Waals surface area contributed by atoms with E-state index in [0.29, 0.717) is 23.6 Å². The summed E-state index contributed by atoms with van der Waals surface area (Å²) in [5, 5.41) is 16.8. The number of nitrogens with zero attached hydrogens (tertiary/aromatic N) is 1. The standard InChI is InChI=1S/C13H17N3O3.ClH/c1-9-6-11(16(18)19)2-3-12(9)13(17)15-8-10-4-5-14-7-10;/h2-3,6,10,14H,4-5,7-8H2,1H3,(H,15,17);1H. The van der Waals surface area contributed by atoms with Crippen molar-refractivity contribution in [2.24, 2.45) is 5.92 Å². The number of non-ortho nitro benzene ring substituents is 1. The average molecular weight is 300 g/mol. The van der Waals surface area contributed by atoms with Gasteiger partial charge in [-0.05, 0) is 44.0 Å². The number of benzene rings is 1. The van der Waals surface area contributed by atoms with Crippen LogP contribution in [0.5, 0.6) is 0 Å². The average Bonchev–Trinajstić information content (AvgIpc) is 2.88. The molecular formula is C13H18ClN3O3. The summed E-state index contributed by atoms with van der Waals surface area (Å²) in [6.45, 7) is 4.28. The van der Waals surface area contributed by atoms with Crippen LogP contribution in [0.4, 0.5) is 5.69 Å². The maximum absolute atomic E-state index is 12.0. The van der Waals surface area contributed by atoms with Crippen molar-refractivity contribution in [1.82, 2.24) is 10.6 Å². The van der Waals surface area contributed by atoms with Crippen LogP contribution in [0.2, 0.25) is 0 Å². The van der Waals surface area contributed by atoms with Gasteiger partial charge in [-0.1, -0.05) is 0 Å². The van der Waals surface area contributed by atoms with Crippen molar-refractivity contribution in [2.75, 3.05) is 19.6 Å². The second-order valence-electron chi connectivity index (χ2n) is 4.83. The Hall–Kier alpha value is -1.66. The highest BCUT2D eigenvalue weighted by atomic mass is 35.5. The van der Waals surface area contributed by atoms with E-state index in [4.69, 9.17) is 0 Å². The van der Waals surface area contributed by atoms with Crippen molar-refractivity contribution in [2.45, 2.75) is 13.3 Å². The van der Waals surface area contributed by atoms with Gasteiger partial charge in [0.2, 0.25) is 0 Å². The molecule has 1 saturated heterocycles. The first-order valence-electron chi connectivity index (χ1n) is 6.32. The minimum absolute atomic E-state index is 0. The van der Waals surface area contributed by atoms with Gasteiger partial charge in [0.15, 0.2) is 0 Å². The van der Waals surface area contributed by atoms with Gasteiger partial charge in [0.25, 0.3) is 11.6 Å². The zero-order chi connectivity index (χ0) is 13.8. The lowest BCUT2D eigenvalue weighted by Crippen LogP contribution is -2.30. The molecule has 0 aromatic heterocycles. The molecule has 6 nitrogen and oxygen atoms in total. The van der Waals surface area contributed by atoms with E-state index in [1.807, 2.05) is 0 Å². The van der Waals surface area contributed by atoms with E-state index in [1.165, 1.54) is 18.2 Å². The van der Waals surface area contributed by atoms with Crippen LogP contribution >= 0.6 is 12.4 Å². The molecule has 1 aromatic rings. The zero-order valence-corrected chi connectivity index (χ0v) is 12.0. The number of carbonyl (C=O) groups excluding carboxylic acids is 1. The number of aryl methyl sites for hydroxylation is 1. The van der Waals surface area contributed by atoms with Crippen LogP contribution in [-0.4, -0.2) is 30.5 Å². The first kappa shape index (κ1) is 16.4. The van der Waals surface area contributed by atoms with Crippen LogP contribution in [0.3, 0.4) is 0 Å². The predicted molar refractivity (Wildman–Crippen MR) is 78.4 cm³/mol. The minimum Gasteiger partial charge on any atom is -0.352 e. The third-order valence-electron chi connectivity index (χ3n) is 3.38. The molecule has 1 heterocycles. The normalized spacial score (nSPS) is 17.4. The molecule has 1 amide bonds. The molecule has 1 atom stereocenters. The van der Waals surface area contributed by atoms with Gasteiger partial charge in [0, 0.05) is 24.2 Å². The molecule has 0 saturated carbocycles. The largest absolute Gasteiger partial charge is 0.352 e. The van der Waals surface area contributed by atoms with E-state index in [2.05, 4.69) is 10.6 Å². The number of carbonyl (C=O) groups is 1. The number of hydrogen-bond acceptors (Lipinski definition) is 4. The number of rotatable bonds is 4. The van der Waals surface area contributed by atoms with Gasteiger partial charge < -0.3 is 10.6 Å². The van der Waals surface area contributed by atoms with Gasteiger partial charge in [0.1, 0.15) is 0 Å². The van der Waals surface area contributed by atoms with Crippen molar-refractivity contribution in [1.29, 1.82) is 0 Å². The topological polar surface area (TPSA) is 84.3 Å². The molecule has 1 unspecified atom stereocenters. The quantitative estimate of drug-likeness (QED) is 0.654. The third-order valence-corrected chi connectivity index (χ3v) is 3.38. The van der Waals surface area contributed by atoms with Crippen molar-refractivity contribution in [3.63, 3.8) is 0 Å². The Morgan fingerprint density at radius 2 is 2.30 bits per heavy atom. The number of nitro benzene ring substituents is 1. The molecule has 2 rings (SSSR count). The molecule has 7 heteroatoms. The second kappa shape index (κ2) is 7.21. The molecule has 1 fully saturated rings. The van der Waals surface area contributed by atoms with Gasteiger partial charge in [0.05, 0.1) is 4.92 Å². The van der Waals surface area contributed by atoms with Crippen LogP contribution in [0.15, 0.2) is 18.2 Å². The number of hydrogen-bond donors (Lipinski definition) is 2. The Labute approximate surface area is 123 Å². The molecule has 0 spiro atoms. The number of nitro groups is 1. The lowest BCUT2D eigenvalue weighted by Gasteiger charge is -2.11. The fourth-order valence-electron chi connectivity index (χ4n) is 2.24. The number of amides is 1. The highest BCUT2D eigenvalue weighted by molar-refractivity contribution is 5.95. The highest BCUT2D eigenvalue weighted by Crippen LogP contribution is 2.17. The van der Waals surface area contributed by atoms with Gasteiger partial charge in [-0.3, -0.25) is 14.9 Å². The summed E-state index contributed by atoms with van der Waals surface area (Å²) in [4.78, 5) is 22.2. The Morgan fingerprint density at radius 1 is 1.55 bits per heavy atom. The molecule has 1 aromatic carbocycles. The smallest absolute Gasteiger partial charge is 0.269 e. The molecule has 110 valence electrons. The minimum atomic E-state index is -0.459. The van der Waals surface area contributed by atoms with E-state index < -0.39 is 4.92 Å². The molecular weight excluding hydrogens is 282 g/mol. The Balaban J connectivity index is 0.00000200. The number of halogens is 1. The Kier molecular flexibility index (Phi) is 5.91. The predicted octanol–water partition coefficient (Wildman–Crippen LogP) is 1.66. The van der Waals surface area contributed by atoms with Gasteiger partial charge >= 0.3 is 0 Å². The van der Waals surface area contributed by atoms with Gasteiger partial charge in [-0.15, -0.1) is 12.4 Å². The summed E-state index contributed by atoms with van der Waals surface area (Å²) < 4.78 is 0. The summed E-state index contributed by atoms with van der Waals surface area (Å²) in [5.74, 6) is 0.307. The van der Waals surface area contributed by atoms with Crippen LogP contribution in [-0.2, 0) is 0 Å². The Morgan fingerprint density at radius 3 is 2.85 bits per heavy atom. The van der Waals surface area contributed by atoms with Crippen LogP contribution in [0, 0.1) is 23.0 Å². The molecule has 2 N–H and O–H groups in total. The van der Waals surface area contributed by atoms with E-state index in [1.54, 1.807) is 6.92 Å². The fourth-order valence-corrected chi connectivity index (χ4v) is 2.24. The molecule has 0 bridgehead atoms. The maximum atomic E-state index is 12.0. The lowest BCUT2D eigenvalue weighted by molar-refractivity contribution is -0.384. The first-order chi connectivity index (χ1) is 9.08. The van der Waals surface area contributed by atoms with Crippen molar-refractivity contribution >= 4 is 24.0 Å². The molecule has 0 aliphatic carbocycles. The summed E-state index contributed by atoms with van der Waals surface area (Å²) in [7, 11) is 0. The summed E-state index contributed by atoms with van der Waals surface area (Å²) in [6, 6.07) is 4.29. The van der Waals surface area contributed by atoms with Crippen molar-refractivity contribution in [3.8, 4) is 0 Å². The monoisotopic (exact) mass is 299 g/mol. The first-order valence-corrected chi connectivity index (χ1v) is 6.32. The zero-order valence-electron chi connectivity index (χ0n) is 11.2. The second-order valence-corrected chi connectivity index (χ2v) is 4.83. The summed E-state index contributed by atoms with van der Waals surface area (Å²) in [5.41, 5.74) is 1.13. The van der Waals surface area contributed by atoms with E-state index >= 15 is 0 Å². The third kappa shape index (κ3) is 3.91. The van der Waals surface area contributed by atoms with E-state index in [-0.39, 0.29) is 24.0 Å². The molecule has 1 aliphatic heterocycles. The Bertz CT molecular complexity index is 502. The van der Waals surface area contributed by atoms with Crippen molar-refractivity contribution in [3.05, 3.63) is 39.4 Å². The number of nitrogens with one attached hydrogen (secondary N) is 2. The van der Waals surface area contributed by atoms with E-state index in [9.17, 15) is 14.9 Å². The maximum Gasteiger partial charge on any atom is 0.269 e. The van der Waals surface area contributed by atoms with E-state index in [0.717, 1.165) is 19.5 Å². The van der Waals surface area contributed by atoms with Gasteiger partial charge in [-0.2, -0.15) is 0 Å². The van der Waals surface area contributed by atoms with Crippen LogP contribution in [0.25, 0.3) is 0 Å². The fraction of sp³-hybridized carbons (Fsp3) is 0.462. The lowest BCUT2D eigenvalue weighted by atomic mass is 10.1. The summed E-state index contributed by atoms with van der Waals surface area (Å²) >= 11 is 0. The SMILES string of the molecule is Cc1cc([N+](=O)[O-])ccc1C(=O)NCC1CCNC1.Cl.